The largest absolute Gasteiger partial charge is 0.417 e. The van der Waals surface area contributed by atoms with Crippen LogP contribution in [0.15, 0.2) is 114 Å². The minimum atomic E-state index is -4.89. The highest BCUT2D eigenvalue weighted by Crippen LogP contribution is 2.38. The van der Waals surface area contributed by atoms with Crippen LogP contribution in [-0.4, -0.2) is 43.8 Å². The molecule has 0 spiro atoms. The summed E-state index contributed by atoms with van der Waals surface area (Å²) in [5, 5.41) is 2.23. The Labute approximate surface area is 271 Å². The number of halogens is 4. The SMILES string of the molecule is CC(C)NC(=O)[C@H](Cc1ccccc1)N(Cc1ccccc1)C(=O)CN(c1ccc(Cl)c(C(F)(F)F)c1)S(=O)(=O)c1ccccc1. The Morgan fingerprint density at radius 2 is 1.37 bits per heavy atom. The van der Waals surface area contributed by atoms with Crippen molar-refractivity contribution in [3.8, 4) is 0 Å². The Morgan fingerprint density at radius 1 is 0.826 bits per heavy atom. The maximum Gasteiger partial charge on any atom is 0.417 e. The van der Waals surface area contributed by atoms with Gasteiger partial charge in [0.25, 0.3) is 10.0 Å². The van der Waals surface area contributed by atoms with Crippen LogP contribution < -0.4 is 9.62 Å². The molecule has 0 saturated heterocycles. The summed E-state index contributed by atoms with van der Waals surface area (Å²) in [6.07, 6.45) is -4.79. The number of carbonyl (C=O) groups is 2. The highest BCUT2D eigenvalue weighted by molar-refractivity contribution is 7.92. The van der Waals surface area contributed by atoms with Crippen LogP contribution in [-0.2, 0) is 38.8 Å². The number of nitrogens with zero attached hydrogens (tertiary/aromatic N) is 2. The Hall–Kier alpha value is -4.35. The molecule has 4 aromatic carbocycles. The maximum atomic E-state index is 14.4. The van der Waals surface area contributed by atoms with Gasteiger partial charge in [0.2, 0.25) is 11.8 Å². The first kappa shape index (κ1) is 34.5. The minimum absolute atomic E-state index is 0.0731. The predicted molar refractivity (Wildman–Crippen MR) is 172 cm³/mol. The second-order valence-corrected chi connectivity index (χ2v) is 13.1. The number of hydrogen-bond acceptors (Lipinski definition) is 4. The van der Waals surface area contributed by atoms with Gasteiger partial charge in [0.15, 0.2) is 0 Å². The van der Waals surface area contributed by atoms with Crippen LogP contribution in [0.25, 0.3) is 0 Å². The molecule has 4 aromatic rings. The van der Waals surface area contributed by atoms with Crippen molar-refractivity contribution in [1.82, 2.24) is 10.2 Å². The third-order valence-corrected chi connectivity index (χ3v) is 9.17. The van der Waals surface area contributed by atoms with Gasteiger partial charge in [0, 0.05) is 19.0 Å². The molecule has 0 heterocycles. The fourth-order valence-corrected chi connectivity index (χ4v) is 6.50. The number of sulfonamides is 1. The maximum absolute atomic E-state index is 14.4. The van der Waals surface area contributed by atoms with Crippen LogP contribution in [0.1, 0.15) is 30.5 Å². The van der Waals surface area contributed by atoms with Crippen LogP contribution in [0, 0.1) is 0 Å². The lowest BCUT2D eigenvalue weighted by atomic mass is 10.0. The third-order valence-electron chi connectivity index (χ3n) is 7.05. The van der Waals surface area contributed by atoms with Crippen LogP contribution in [0.4, 0.5) is 18.9 Å². The lowest BCUT2D eigenvalue weighted by Gasteiger charge is -2.34. The molecule has 7 nitrogen and oxygen atoms in total. The van der Waals surface area contributed by atoms with E-state index in [-0.39, 0.29) is 23.9 Å². The van der Waals surface area contributed by atoms with Gasteiger partial charge in [0.1, 0.15) is 12.6 Å². The Morgan fingerprint density at radius 3 is 1.91 bits per heavy atom. The zero-order valence-electron chi connectivity index (χ0n) is 25.1. The molecule has 0 aliphatic heterocycles. The molecule has 242 valence electrons. The summed E-state index contributed by atoms with van der Waals surface area (Å²) in [6.45, 7) is 2.57. The lowest BCUT2D eigenvalue weighted by Crippen LogP contribution is -2.54. The second kappa shape index (κ2) is 14.8. The van der Waals surface area contributed by atoms with Crippen LogP contribution in [0.5, 0.6) is 0 Å². The van der Waals surface area contributed by atoms with Gasteiger partial charge >= 0.3 is 6.18 Å². The summed E-state index contributed by atoms with van der Waals surface area (Å²) in [7, 11) is -4.58. The van der Waals surface area contributed by atoms with Gasteiger partial charge in [-0.1, -0.05) is 90.5 Å². The number of alkyl halides is 3. The molecule has 46 heavy (non-hydrogen) atoms. The van der Waals surface area contributed by atoms with E-state index >= 15 is 0 Å². The Bertz CT molecular complexity index is 1740. The monoisotopic (exact) mass is 671 g/mol. The molecule has 0 fully saturated rings. The first-order valence-electron chi connectivity index (χ1n) is 14.4. The quantitative estimate of drug-likeness (QED) is 0.181. The molecule has 12 heteroatoms. The van der Waals surface area contributed by atoms with Crippen molar-refractivity contribution >= 4 is 39.1 Å². The second-order valence-electron chi connectivity index (χ2n) is 10.9. The molecule has 1 atom stereocenters. The highest BCUT2D eigenvalue weighted by Gasteiger charge is 2.37. The average molecular weight is 672 g/mol. The molecule has 0 saturated carbocycles. The molecule has 0 unspecified atom stereocenters. The molecule has 0 radical (unpaired) electrons. The van der Waals surface area contributed by atoms with Gasteiger partial charge in [0.05, 0.1) is 21.2 Å². The number of hydrogen-bond donors (Lipinski definition) is 1. The van der Waals surface area contributed by atoms with Crippen molar-refractivity contribution < 1.29 is 31.2 Å². The van der Waals surface area contributed by atoms with E-state index < -0.39 is 56.9 Å². The van der Waals surface area contributed by atoms with E-state index in [4.69, 9.17) is 11.6 Å². The fourth-order valence-electron chi connectivity index (χ4n) is 4.85. The lowest BCUT2D eigenvalue weighted by molar-refractivity contribution is -0.140. The number of benzene rings is 4. The zero-order valence-corrected chi connectivity index (χ0v) is 26.7. The summed E-state index contributed by atoms with van der Waals surface area (Å²) in [6, 6.07) is 26.2. The topological polar surface area (TPSA) is 86.8 Å². The van der Waals surface area contributed by atoms with Gasteiger partial charge in [-0.2, -0.15) is 13.2 Å². The minimum Gasteiger partial charge on any atom is -0.352 e. The van der Waals surface area contributed by atoms with E-state index in [0.29, 0.717) is 15.9 Å². The van der Waals surface area contributed by atoms with Gasteiger partial charge in [-0.05, 0) is 55.3 Å². The first-order chi connectivity index (χ1) is 21.8. The van der Waals surface area contributed by atoms with Crippen molar-refractivity contribution in [2.45, 2.75) is 50.0 Å². The van der Waals surface area contributed by atoms with E-state index in [1.54, 1.807) is 74.5 Å². The number of rotatable bonds is 12. The summed E-state index contributed by atoms with van der Waals surface area (Å²) >= 11 is 5.85. The molecule has 4 rings (SSSR count). The van der Waals surface area contributed by atoms with Gasteiger partial charge in [-0.15, -0.1) is 0 Å². The first-order valence-corrected chi connectivity index (χ1v) is 16.2. The summed E-state index contributed by atoms with van der Waals surface area (Å²) in [4.78, 5) is 29.1. The van der Waals surface area contributed by atoms with E-state index in [1.165, 1.54) is 29.2 Å². The van der Waals surface area contributed by atoms with E-state index in [9.17, 15) is 31.2 Å². The Balaban J connectivity index is 1.84. The summed E-state index contributed by atoms with van der Waals surface area (Å²) in [5.41, 5.74) is -0.264. The number of nitrogens with one attached hydrogen (secondary N) is 1. The molecule has 0 bridgehead atoms. The summed E-state index contributed by atoms with van der Waals surface area (Å²) < 4.78 is 70.2. The van der Waals surface area contributed by atoms with Gasteiger partial charge in [-0.3, -0.25) is 13.9 Å². The van der Waals surface area contributed by atoms with Crippen LogP contribution in [0.2, 0.25) is 5.02 Å². The van der Waals surface area contributed by atoms with Crippen molar-refractivity contribution in [2.24, 2.45) is 0 Å². The van der Waals surface area contributed by atoms with Crippen molar-refractivity contribution in [3.05, 3.63) is 131 Å². The molecule has 0 aliphatic rings. The predicted octanol–water partition coefficient (Wildman–Crippen LogP) is 6.72. The van der Waals surface area contributed by atoms with E-state index in [2.05, 4.69) is 5.32 Å². The summed E-state index contributed by atoms with van der Waals surface area (Å²) in [5.74, 6) is -1.27. The third kappa shape index (κ3) is 8.67. The zero-order chi connectivity index (χ0) is 33.5. The van der Waals surface area contributed by atoms with Crippen molar-refractivity contribution in [3.63, 3.8) is 0 Å². The normalized spacial score (nSPS) is 12.4. The van der Waals surface area contributed by atoms with Gasteiger partial charge in [-0.25, -0.2) is 8.42 Å². The number of anilines is 1. The standard InChI is InChI=1S/C34H33ClF3N3O4S/c1-24(2)39-33(43)31(20-25-12-6-3-7-13-25)40(22-26-14-8-4-9-15-26)32(42)23-41(46(44,45)28-16-10-5-11-17-28)27-18-19-30(35)29(21-27)34(36,37)38/h3-19,21,24,31H,20,22-23H2,1-2H3,(H,39,43)/t31-/m0/s1. The van der Waals surface area contributed by atoms with Crippen molar-refractivity contribution in [1.29, 1.82) is 0 Å². The molecular weight excluding hydrogens is 639 g/mol. The van der Waals surface area contributed by atoms with Crippen molar-refractivity contribution in [2.75, 3.05) is 10.8 Å². The molecule has 0 aliphatic carbocycles. The highest BCUT2D eigenvalue weighted by atomic mass is 35.5. The van der Waals surface area contributed by atoms with E-state index in [1.807, 2.05) is 6.07 Å². The van der Waals surface area contributed by atoms with Gasteiger partial charge < -0.3 is 10.2 Å². The number of amides is 2. The number of carbonyl (C=O) groups excluding carboxylic acids is 2. The smallest absolute Gasteiger partial charge is 0.352 e. The molecular formula is C34H33ClF3N3O4S. The van der Waals surface area contributed by atoms with Crippen LogP contribution >= 0.6 is 11.6 Å². The van der Waals surface area contributed by atoms with E-state index in [0.717, 1.165) is 17.7 Å². The molecule has 2 amide bonds. The fraction of sp³-hybridized carbons (Fsp3) is 0.235. The average Bonchev–Trinajstić information content (AvgIpc) is 3.02. The molecule has 1 N–H and O–H groups in total. The molecule has 0 aromatic heterocycles. The van der Waals surface area contributed by atoms with Crippen LogP contribution in [0.3, 0.4) is 0 Å². The Kier molecular flexibility index (Phi) is 11.1.